The van der Waals surface area contributed by atoms with E-state index in [1.165, 1.54) is 23.6 Å². The lowest BCUT2D eigenvalue weighted by atomic mass is 10.1. The summed E-state index contributed by atoms with van der Waals surface area (Å²) in [7, 11) is 0. The molecule has 2 N–H and O–H groups in total. The summed E-state index contributed by atoms with van der Waals surface area (Å²) in [5.41, 5.74) is 2.35. The van der Waals surface area contributed by atoms with Gasteiger partial charge in [-0.3, -0.25) is 9.69 Å². The van der Waals surface area contributed by atoms with E-state index in [-0.39, 0.29) is 24.3 Å². The van der Waals surface area contributed by atoms with Crippen molar-refractivity contribution >= 4 is 28.2 Å². The molecule has 3 aromatic rings. The summed E-state index contributed by atoms with van der Waals surface area (Å²) in [6, 6.07) is 7.09. The van der Waals surface area contributed by atoms with Gasteiger partial charge in [-0.15, -0.1) is 0 Å². The van der Waals surface area contributed by atoms with Gasteiger partial charge in [0.1, 0.15) is 22.3 Å². The molecule has 9 heteroatoms. The van der Waals surface area contributed by atoms with E-state index in [0.717, 1.165) is 36.5 Å². The van der Waals surface area contributed by atoms with E-state index in [4.69, 9.17) is 9.97 Å². The number of aryl methyl sites for hydroxylation is 1. The molecule has 1 atom stereocenters. The fourth-order valence-corrected chi connectivity index (χ4v) is 4.76. The minimum Gasteiger partial charge on any atom is -0.347 e. The molecule has 1 fully saturated rings. The number of thiazole rings is 1. The Labute approximate surface area is 177 Å². The summed E-state index contributed by atoms with van der Waals surface area (Å²) < 4.78 is 14.3. The first kappa shape index (κ1) is 19.1. The van der Waals surface area contributed by atoms with Gasteiger partial charge < -0.3 is 10.6 Å². The molecule has 2 aliphatic heterocycles. The first-order valence-electron chi connectivity index (χ1n) is 9.93. The zero-order chi connectivity index (χ0) is 20.7. The molecule has 1 amide bonds. The van der Waals surface area contributed by atoms with Crippen molar-refractivity contribution < 1.29 is 9.18 Å². The van der Waals surface area contributed by atoms with Crippen LogP contribution in [0.2, 0.25) is 0 Å². The summed E-state index contributed by atoms with van der Waals surface area (Å²) in [4.78, 5) is 29.0. The number of hydrogen-bond acceptors (Lipinski definition) is 7. The van der Waals surface area contributed by atoms with Crippen LogP contribution in [0, 0.1) is 12.7 Å². The molecule has 154 valence electrons. The molecule has 1 aromatic carbocycles. The van der Waals surface area contributed by atoms with Crippen LogP contribution in [-0.2, 0) is 13.1 Å². The van der Waals surface area contributed by atoms with E-state index >= 15 is 0 Å². The van der Waals surface area contributed by atoms with Crippen molar-refractivity contribution in [2.75, 3.05) is 11.9 Å². The molecule has 2 aliphatic rings. The SMILES string of the molecule is Cc1cc2nc(n1)C1CCCN1Cc1ccc(F)c(c1)CNC(=O)c1cnc(s1)N2. The van der Waals surface area contributed by atoms with Gasteiger partial charge in [0, 0.05) is 30.4 Å². The topological polar surface area (TPSA) is 83.0 Å². The van der Waals surface area contributed by atoms with E-state index in [1.807, 2.05) is 19.1 Å². The molecule has 1 saturated heterocycles. The quantitative estimate of drug-likeness (QED) is 0.573. The second-order valence-corrected chi connectivity index (χ2v) is 8.68. The maximum Gasteiger partial charge on any atom is 0.263 e. The Morgan fingerprint density at radius 2 is 2.17 bits per heavy atom. The first-order chi connectivity index (χ1) is 14.5. The zero-order valence-corrected chi connectivity index (χ0v) is 17.3. The average Bonchev–Trinajstić information content (AvgIpc) is 3.37. The van der Waals surface area contributed by atoms with Crippen molar-refractivity contribution in [2.24, 2.45) is 0 Å². The molecule has 0 radical (unpaired) electrons. The normalized spacial score (nSPS) is 19.1. The summed E-state index contributed by atoms with van der Waals surface area (Å²) in [5.74, 6) is 0.842. The van der Waals surface area contributed by atoms with E-state index in [0.29, 0.717) is 27.9 Å². The van der Waals surface area contributed by atoms with Crippen LogP contribution in [0.15, 0.2) is 30.5 Å². The standard InChI is InChI=1S/C21H21FN6OS/c1-12-7-18-26-19(25-12)16-3-2-6-28(16)11-13-4-5-15(22)14(8-13)9-23-20(29)17-10-24-21(27-18)30-17/h4-5,7-8,10,16H,2-3,6,9,11H2,1H3,(H,23,29)(H,24,25,26,27). The molecule has 7 nitrogen and oxygen atoms in total. The summed E-state index contributed by atoms with van der Waals surface area (Å²) in [5, 5.41) is 6.57. The Bertz CT molecular complexity index is 1120. The highest BCUT2D eigenvalue weighted by Crippen LogP contribution is 2.33. The number of carbonyl (C=O) groups excluding carboxylic acids is 1. The molecule has 0 spiro atoms. The van der Waals surface area contributed by atoms with Crippen LogP contribution in [0.5, 0.6) is 0 Å². The number of anilines is 2. The van der Waals surface area contributed by atoms with Gasteiger partial charge in [0.15, 0.2) is 5.13 Å². The van der Waals surface area contributed by atoms with Crippen LogP contribution in [0.4, 0.5) is 15.3 Å². The van der Waals surface area contributed by atoms with Crippen LogP contribution < -0.4 is 10.6 Å². The molecule has 5 rings (SSSR count). The van der Waals surface area contributed by atoms with Gasteiger partial charge in [-0.1, -0.05) is 17.4 Å². The van der Waals surface area contributed by atoms with Gasteiger partial charge in [0.25, 0.3) is 5.91 Å². The van der Waals surface area contributed by atoms with E-state index in [1.54, 1.807) is 6.07 Å². The monoisotopic (exact) mass is 424 g/mol. The number of amides is 1. The maximum atomic E-state index is 14.3. The van der Waals surface area contributed by atoms with E-state index in [2.05, 4.69) is 20.5 Å². The number of fused-ring (bicyclic) bond motifs is 8. The Kier molecular flexibility index (Phi) is 4.92. The van der Waals surface area contributed by atoms with Gasteiger partial charge >= 0.3 is 0 Å². The van der Waals surface area contributed by atoms with Crippen LogP contribution in [-0.4, -0.2) is 32.3 Å². The van der Waals surface area contributed by atoms with Crippen molar-refractivity contribution in [3.05, 3.63) is 63.8 Å². The van der Waals surface area contributed by atoms with Gasteiger partial charge in [-0.2, -0.15) is 0 Å². The van der Waals surface area contributed by atoms with Crippen molar-refractivity contribution in [2.45, 2.75) is 38.9 Å². The number of benzene rings is 1. The predicted molar refractivity (Wildman–Crippen MR) is 112 cm³/mol. The van der Waals surface area contributed by atoms with E-state index in [9.17, 15) is 9.18 Å². The highest BCUT2D eigenvalue weighted by Gasteiger charge is 2.29. The van der Waals surface area contributed by atoms with Crippen LogP contribution in [0.1, 0.15) is 51.2 Å². The lowest BCUT2D eigenvalue weighted by Gasteiger charge is -2.24. The third kappa shape index (κ3) is 3.78. The highest BCUT2D eigenvalue weighted by atomic mass is 32.1. The molecule has 0 aliphatic carbocycles. The molecule has 1 unspecified atom stereocenters. The fourth-order valence-electron chi connectivity index (χ4n) is 4.02. The summed E-state index contributed by atoms with van der Waals surface area (Å²) in [6.45, 7) is 3.69. The highest BCUT2D eigenvalue weighted by molar-refractivity contribution is 7.17. The van der Waals surface area contributed by atoms with Crippen LogP contribution >= 0.6 is 11.3 Å². The zero-order valence-electron chi connectivity index (χ0n) is 16.5. The number of aromatic nitrogens is 3. The lowest BCUT2D eigenvalue weighted by Crippen LogP contribution is -2.25. The second-order valence-electron chi connectivity index (χ2n) is 7.64. The fraction of sp³-hybridized carbons (Fsp3) is 0.333. The number of nitrogens with one attached hydrogen (secondary N) is 2. The molecular weight excluding hydrogens is 403 g/mol. The Morgan fingerprint density at radius 3 is 3.07 bits per heavy atom. The van der Waals surface area contributed by atoms with Gasteiger partial charge in [0.2, 0.25) is 0 Å². The van der Waals surface area contributed by atoms with E-state index < -0.39 is 0 Å². The minimum absolute atomic E-state index is 0.110. The lowest BCUT2D eigenvalue weighted by molar-refractivity contribution is 0.0954. The number of hydrogen-bond donors (Lipinski definition) is 2. The van der Waals surface area contributed by atoms with Gasteiger partial charge in [-0.25, -0.2) is 19.3 Å². The third-order valence-corrected chi connectivity index (χ3v) is 6.34. The van der Waals surface area contributed by atoms with Crippen molar-refractivity contribution in [1.82, 2.24) is 25.2 Å². The summed E-state index contributed by atoms with van der Waals surface area (Å²) in [6.07, 6.45) is 3.56. The molecule has 6 bridgehead atoms. The summed E-state index contributed by atoms with van der Waals surface area (Å²) >= 11 is 1.23. The third-order valence-electron chi connectivity index (χ3n) is 5.43. The van der Waals surface area contributed by atoms with Crippen molar-refractivity contribution in [3.8, 4) is 0 Å². The first-order valence-corrected chi connectivity index (χ1v) is 10.7. The Balaban J connectivity index is 1.58. The van der Waals surface area contributed by atoms with Crippen LogP contribution in [0.25, 0.3) is 0 Å². The van der Waals surface area contributed by atoms with Crippen molar-refractivity contribution in [1.29, 1.82) is 0 Å². The number of rotatable bonds is 0. The Morgan fingerprint density at radius 1 is 1.27 bits per heavy atom. The van der Waals surface area contributed by atoms with Gasteiger partial charge in [0.05, 0.1) is 12.2 Å². The Hall–Kier alpha value is -2.91. The van der Waals surface area contributed by atoms with Crippen molar-refractivity contribution in [3.63, 3.8) is 0 Å². The average molecular weight is 425 g/mol. The van der Waals surface area contributed by atoms with Gasteiger partial charge in [-0.05, 0) is 44.0 Å². The molecule has 4 heterocycles. The number of carbonyl (C=O) groups is 1. The maximum absolute atomic E-state index is 14.3. The largest absolute Gasteiger partial charge is 0.347 e. The molecule has 30 heavy (non-hydrogen) atoms. The minimum atomic E-state index is -0.323. The smallest absolute Gasteiger partial charge is 0.263 e. The van der Waals surface area contributed by atoms with Crippen LogP contribution in [0.3, 0.4) is 0 Å². The molecule has 0 saturated carbocycles. The molecular formula is C21H21FN6OS. The second kappa shape index (κ2) is 7.73. The molecule has 2 aromatic heterocycles. The number of halogens is 1. The predicted octanol–water partition coefficient (Wildman–Crippen LogP) is 3.70. The number of nitrogens with zero attached hydrogens (tertiary/aromatic N) is 4.